The second kappa shape index (κ2) is 35.3. The quantitative estimate of drug-likeness (QED) is 0.0296. The molecule has 49 heavy (non-hydrogen) atoms. The third-order valence-electron chi connectivity index (χ3n) is 7.12. The number of carbonyl (C=O) groups excluding carboxylic acids is 2. The number of esters is 2. The number of carbonyl (C=O) groups is 2. The summed E-state index contributed by atoms with van der Waals surface area (Å²) < 4.78 is 32.5. The van der Waals surface area contributed by atoms with Crippen LogP contribution in [0.3, 0.4) is 0 Å². The van der Waals surface area contributed by atoms with Crippen LogP contribution in [0.25, 0.3) is 0 Å². The maximum absolute atomic E-state index is 12.5. The predicted molar refractivity (Wildman–Crippen MR) is 201 cm³/mol. The standard InChI is InChI=1S/C39H66NO8P/c1-3-5-7-9-11-13-14-15-16-17-18-19-20-21-22-24-26-28-30-32-39(42)48-37(36-47-49(43,44)46-34-33-40)35-45-38(41)31-29-27-25-23-12-10-8-6-4-2/h5,7,11,13,15-16,18-19,21-22,26,28,37H,3-4,6,8-10,12,14,17,20,23-25,27,29-36,40H2,1-2H3,(H,43,44)/b7-5+,13-11+,16-15+,19-18+,22-21+,28-26+/t37-/m1/s1. The van der Waals surface area contributed by atoms with Crippen molar-refractivity contribution in [1.29, 1.82) is 0 Å². The van der Waals surface area contributed by atoms with Gasteiger partial charge in [0.25, 0.3) is 0 Å². The van der Waals surface area contributed by atoms with Crippen LogP contribution in [-0.4, -0.2) is 49.3 Å². The maximum atomic E-state index is 12.5. The summed E-state index contributed by atoms with van der Waals surface area (Å²) in [6.07, 6.45) is 41.0. The number of phosphoric ester groups is 1. The second-order valence-electron chi connectivity index (χ2n) is 11.7. The van der Waals surface area contributed by atoms with Crippen LogP contribution < -0.4 is 5.73 Å². The minimum absolute atomic E-state index is 0.0391. The first-order chi connectivity index (χ1) is 23.8. The fourth-order valence-corrected chi connectivity index (χ4v) is 5.19. The summed E-state index contributed by atoms with van der Waals surface area (Å²) in [5.41, 5.74) is 5.32. The lowest BCUT2D eigenvalue weighted by atomic mass is 10.1. The van der Waals surface area contributed by atoms with Crippen LogP contribution >= 0.6 is 7.82 Å². The number of allylic oxidation sites excluding steroid dienone is 12. The minimum atomic E-state index is -4.39. The highest BCUT2D eigenvalue weighted by atomic mass is 31.2. The summed E-state index contributed by atoms with van der Waals surface area (Å²) in [6.45, 7) is 3.47. The van der Waals surface area contributed by atoms with Crippen LogP contribution in [0, 0.1) is 0 Å². The predicted octanol–water partition coefficient (Wildman–Crippen LogP) is 9.93. The van der Waals surface area contributed by atoms with Gasteiger partial charge < -0.3 is 20.1 Å². The van der Waals surface area contributed by atoms with Crippen LogP contribution in [-0.2, 0) is 32.7 Å². The zero-order valence-corrected chi connectivity index (χ0v) is 31.3. The van der Waals surface area contributed by atoms with Crippen molar-refractivity contribution in [3.63, 3.8) is 0 Å². The topological polar surface area (TPSA) is 134 Å². The molecule has 9 nitrogen and oxygen atoms in total. The summed E-state index contributed by atoms with van der Waals surface area (Å²) in [7, 11) is -4.39. The molecule has 0 aromatic rings. The molecule has 10 heteroatoms. The molecule has 0 spiro atoms. The lowest BCUT2D eigenvalue weighted by Crippen LogP contribution is -2.29. The van der Waals surface area contributed by atoms with Gasteiger partial charge in [-0.05, 0) is 51.4 Å². The molecule has 0 aliphatic rings. The largest absolute Gasteiger partial charge is 0.472 e. The van der Waals surface area contributed by atoms with E-state index in [0.29, 0.717) is 6.42 Å². The zero-order chi connectivity index (χ0) is 36.1. The molecule has 280 valence electrons. The first-order valence-corrected chi connectivity index (χ1v) is 19.9. The minimum Gasteiger partial charge on any atom is -0.462 e. The normalized spacial score (nSPS) is 14.3. The van der Waals surface area contributed by atoms with Crippen molar-refractivity contribution in [2.75, 3.05) is 26.4 Å². The Kier molecular flexibility index (Phi) is 33.4. The molecule has 0 aromatic carbocycles. The monoisotopic (exact) mass is 707 g/mol. The van der Waals surface area contributed by atoms with E-state index in [0.717, 1.165) is 57.8 Å². The molecule has 1 unspecified atom stereocenters. The number of hydrogen-bond acceptors (Lipinski definition) is 8. The Morgan fingerprint density at radius 2 is 1.12 bits per heavy atom. The average Bonchev–Trinajstić information content (AvgIpc) is 3.08. The molecule has 0 aromatic heterocycles. The van der Waals surface area contributed by atoms with Gasteiger partial charge in [-0.25, -0.2) is 4.57 Å². The molecule has 0 amide bonds. The van der Waals surface area contributed by atoms with Crippen molar-refractivity contribution < 1.29 is 37.6 Å². The maximum Gasteiger partial charge on any atom is 0.472 e. The molecule has 3 N–H and O–H groups in total. The molecular weight excluding hydrogens is 641 g/mol. The summed E-state index contributed by atoms with van der Waals surface area (Å²) in [5, 5.41) is 0. The number of hydrogen-bond donors (Lipinski definition) is 2. The Balaban J connectivity index is 4.38. The van der Waals surface area contributed by atoms with Gasteiger partial charge in [0, 0.05) is 19.4 Å². The molecule has 0 rings (SSSR count). The van der Waals surface area contributed by atoms with Gasteiger partial charge in [0.05, 0.1) is 13.2 Å². The highest BCUT2D eigenvalue weighted by Crippen LogP contribution is 2.43. The summed E-state index contributed by atoms with van der Waals surface area (Å²) in [4.78, 5) is 34.6. The van der Waals surface area contributed by atoms with Crippen molar-refractivity contribution in [2.24, 2.45) is 5.73 Å². The third kappa shape index (κ3) is 35.1. The van der Waals surface area contributed by atoms with E-state index in [9.17, 15) is 19.0 Å². The Bertz CT molecular complexity index is 1030. The number of phosphoric acid groups is 1. The average molecular weight is 708 g/mol. The number of nitrogens with two attached hydrogens (primary N) is 1. The van der Waals surface area contributed by atoms with Gasteiger partial charge in [0.2, 0.25) is 0 Å². The molecule has 0 bridgehead atoms. The second-order valence-corrected chi connectivity index (χ2v) is 13.2. The number of rotatable bonds is 33. The molecule has 0 saturated heterocycles. The molecule has 0 radical (unpaired) electrons. The zero-order valence-electron chi connectivity index (χ0n) is 30.4. The van der Waals surface area contributed by atoms with Gasteiger partial charge in [-0.15, -0.1) is 0 Å². The Morgan fingerprint density at radius 3 is 1.63 bits per heavy atom. The lowest BCUT2D eigenvalue weighted by Gasteiger charge is -2.19. The van der Waals surface area contributed by atoms with Crippen molar-refractivity contribution in [2.45, 2.75) is 136 Å². The summed E-state index contributed by atoms with van der Waals surface area (Å²) in [5.74, 6) is -0.938. The van der Waals surface area contributed by atoms with E-state index in [2.05, 4.69) is 74.6 Å². The van der Waals surface area contributed by atoms with Gasteiger partial charge in [0.1, 0.15) is 6.61 Å². The summed E-state index contributed by atoms with van der Waals surface area (Å²) >= 11 is 0. The van der Waals surface area contributed by atoms with E-state index >= 15 is 0 Å². The molecule has 0 heterocycles. The van der Waals surface area contributed by atoms with Gasteiger partial charge >= 0.3 is 19.8 Å². The van der Waals surface area contributed by atoms with Gasteiger partial charge in [-0.2, -0.15) is 0 Å². The fourth-order valence-electron chi connectivity index (χ4n) is 4.42. The molecule has 0 aliphatic heterocycles. The van der Waals surface area contributed by atoms with E-state index in [4.69, 9.17) is 24.3 Å². The fraction of sp³-hybridized carbons (Fsp3) is 0.641. The van der Waals surface area contributed by atoms with Crippen molar-refractivity contribution in [3.05, 3.63) is 72.9 Å². The number of ether oxygens (including phenoxy) is 2. The lowest BCUT2D eigenvalue weighted by molar-refractivity contribution is -0.161. The van der Waals surface area contributed by atoms with Crippen molar-refractivity contribution >= 4 is 19.8 Å². The highest BCUT2D eigenvalue weighted by Gasteiger charge is 2.25. The first-order valence-electron chi connectivity index (χ1n) is 18.4. The van der Waals surface area contributed by atoms with Crippen molar-refractivity contribution in [1.82, 2.24) is 0 Å². The van der Waals surface area contributed by atoms with Crippen LogP contribution in [0.4, 0.5) is 0 Å². The highest BCUT2D eigenvalue weighted by molar-refractivity contribution is 7.47. The Morgan fingerprint density at radius 1 is 0.633 bits per heavy atom. The summed E-state index contributed by atoms with van der Waals surface area (Å²) in [6, 6.07) is 0. The van der Waals surface area contributed by atoms with Gasteiger partial charge in [-0.1, -0.05) is 138 Å². The van der Waals surface area contributed by atoms with E-state index in [1.165, 1.54) is 38.5 Å². The van der Waals surface area contributed by atoms with Crippen LogP contribution in [0.2, 0.25) is 0 Å². The van der Waals surface area contributed by atoms with Gasteiger partial charge in [-0.3, -0.25) is 18.6 Å². The Hall–Kier alpha value is -2.55. The van der Waals surface area contributed by atoms with Crippen LogP contribution in [0.1, 0.15) is 129 Å². The van der Waals surface area contributed by atoms with E-state index in [-0.39, 0.29) is 32.6 Å². The molecule has 0 fully saturated rings. The van der Waals surface area contributed by atoms with Crippen LogP contribution in [0.15, 0.2) is 72.9 Å². The molecule has 0 saturated carbocycles. The smallest absolute Gasteiger partial charge is 0.462 e. The molecular formula is C39H66NO8P. The molecule has 0 aliphatic carbocycles. The van der Waals surface area contributed by atoms with Crippen LogP contribution in [0.5, 0.6) is 0 Å². The first kappa shape index (κ1) is 46.5. The number of unbranched alkanes of at least 4 members (excludes halogenated alkanes) is 8. The third-order valence-corrected chi connectivity index (χ3v) is 8.10. The van der Waals surface area contributed by atoms with Gasteiger partial charge in [0.15, 0.2) is 6.10 Å². The van der Waals surface area contributed by atoms with E-state index in [1.807, 2.05) is 12.2 Å². The Labute approximate surface area is 297 Å². The SMILES string of the molecule is CC/C=C/C/C=C/C/C=C/C/C=C/C/C=C/C/C=C/CCC(=O)O[C@H](COC(=O)CCCCCCCCCCC)COP(=O)(O)OCCN. The van der Waals surface area contributed by atoms with E-state index < -0.39 is 32.5 Å². The van der Waals surface area contributed by atoms with Crippen molar-refractivity contribution in [3.8, 4) is 0 Å². The molecule has 2 atom stereocenters. The van der Waals surface area contributed by atoms with E-state index in [1.54, 1.807) is 0 Å².